The molecule has 150 valence electrons. The van der Waals surface area contributed by atoms with E-state index >= 15 is 0 Å². The Balaban J connectivity index is 1.69. The summed E-state index contributed by atoms with van der Waals surface area (Å²) in [6, 6.07) is 7.39. The summed E-state index contributed by atoms with van der Waals surface area (Å²) >= 11 is 1.25. The zero-order chi connectivity index (χ0) is 20.5. The third kappa shape index (κ3) is 3.92. The van der Waals surface area contributed by atoms with E-state index in [0.29, 0.717) is 22.8 Å². The van der Waals surface area contributed by atoms with Crippen LogP contribution in [0.25, 0.3) is 10.6 Å². The highest BCUT2D eigenvalue weighted by Gasteiger charge is 2.40. The molecule has 2 fully saturated rings. The molecule has 4 rings (SSSR count). The quantitative estimate of drug-likeness (QED) is 0.620. The van der Waals surface area contributed by atoms with Gasteiger partial charge in [0.1, 0.15) is 5.70 Å². The molecule has 3 N–H and O–H groups in total. The topological polar surface area (TPSA) is 120 Å². The lowest BCUT2D eigenvalue weighted by Gasteiger charge is -2.22. The summed E-state index contributed by atoms with van der Waals surface area (Å²) in [7, 11) is 0. The number of amides is 1. The number of piperidine rings is 1. The number of aliphatic carboxylic acids is 2. The van der Waals surface area contributed by atoms with Crippen molar-refractivity contribution >= 4 is 29.2 Å². The van der Waals surface area contributed by atoms with Crippen molar-refractivity contribution in [2.45, 2.75) is 12.3 Å². The Morgan fingerprint density at radius 2 is 2.07 bits per heavy atom. The van der Waals surface area contributed by atoms with Crippen molar-refractivity contribution in [2.75, 3.05) is 19.6 Å². The number of nitrogens with zero attached hydrogens (tertiary/aromatic N) is 2. The SMILES string of the molecule is O=C(O)/C=C(/NC(=O)c1cc(C2CN3CC[C@@H]2C3)c(-c2ccccn2)s1)C(=O)O. The van der Waals surface area contributed by atoms with Gasteiger partial charge >= 0.3 is 11.9 Å². The number of hydrogen-bond donors (Lipinski definition) is 3. The molecular weight excluding hydrogens is 394 g/mol. The maximum atomic E-state index is 12.7. The molecule has 0 spiro atoms. The van der Waals surface area contributed by atoms with Gasteiger partial charge in [-0.05, 0) is 42.6 Å². The van der Waals surface area contributed by atoms with Crippen LogP contribution in [-0.2, 0) is 9.59 Å². The molecule has 2 aliphatic heterocycles. The van der Waals surface area contributed by atoms with Crippen LogP contribution >= 0.6 is 11.3 Å². The molecule has 2 aromatic rings. The molecule has 0 aromatic carbocycles. The van der Waals surface area contributed by atoms with Crippen molar-refractivity contribution in [1.29, 1.82) is 0 Å². The smallest absolute Gasteiger partial charge is 0.352 e. The molecular formula is C20H19N3O5S. The Bertz CT molecular complexity index is 1000. The Morgan fingerprint density at radius 3 is 2.66 bits per heavy atom. The number of pyridine rings is 1. The largest absolute Gasteiger partial charge is 0.478 e. The lowest BCUT2D eigenvalue weighted by molar-refractivity contribution is -0.135. The number of fused-ring (bicyclic) bond motifs is 2. The van der Waals surface area contributed by atoms with Crippen LogP contribution in [0.3, 0.4) is 0 Å². The van der Waals surface area contributed by atoms with Gasteiger partial charge in [-0.15, -0.1) is 11.3 Å². The fourth-order valence-corrected chi connectivity index (χ4v) is 5.19. The van der Waals surface area contributed by atoms with Crippen LogP contribution in [0.2, 0.25) is 0 Å². The fourth-order valence-electron chi connectivity index (χ4n) is 4.08. The highest BCUT2D eigenvalue weighted by Crippen LogP contribution is 2.45. The van der Waals surface area contributed by atoms with E-state index in [2.05, 4.69) is 15.2 Å². The zero-order valence-corrected chi connectivity index (χ0v) is 16.2. The summed E-state index contributed by atoms with van der Waals surface area (Å²) in [5.41, 5.74) is 1.14. The molecule has 29 heavy (non-hydrogen) atoms. The third-order valence-corrected chi connectivity index (χ3v) is 6.53. The van der Waals surface area contributed by atoms with Crippen molar-refractivity contribution in [2.24, 2.45) is 5.92 Å². The first kappa shape index (κ1) is 19.3. The first-order valence-electron chi connectivity index (χ1n) is 9.19. The predicted octanol–water partition coefficient (Wildman–Crippen LogP) is 2.01. The van der Waals surface area contributed by atoms with Crippen molar-refractivity contribution in [1.82, 2.24) is 15.2 Å². The Hall–Kier alpha value is -3.04. The second-order valence-electron chi connectivity index (χ2n) is 7.18. The van der Waals surface area contributed by atoms with Crippen LogP contribution in [0.4, 0.5) is 0 Å². The van der Waals surface area contributed by atoms with Gasteiger partial charge in [0.05, 0.1) is 21.5 Å². The number of nitrogens with one attached hydrogen (secondary N) is 1. The highest BCUT2D eigenvalue weighted by atomic mass is 32.1. The maximum Gasteiger partial charge on any atom is 0.352 e. The number of aromatic nitrogens is 1. The van der Waals surface area contributed by atoms with E-state index in [1.54, 1.807) is 12.3 Å². The molecule has 2 aliphatic rings. The Labute approximate surface area is 170 Å². The van der Waals surface area contributed by atoms with E-state index in [0.717, 1.165) is 42.2 Å². The van der Waals surface area contributed by atoms with Crippen molar-refractivity contribution in [3.05, 3.63) is 52.7 Å². The minimum Gasteiger partial charge on any atom is -0.478 e. The summed E-state index contributed by atoms with van der Waals surface area (Å²) in [6.07, 6.45) is 3.28. The number of hydrogen-bond acceptors (Lipinski definition) is 6. The molecule has 1 amide bonds. The average Bonchev–Trinajstić information content (AvgIpc) is 3.42. The van der Waals surface area contributed by atoms with E-state index in [1.165, 1.54) is 11.3 Å². The average molecular weight is 413 g/mol. The molecule has 0 radical (unpaired) electrons. The monoisotopic (exact) mass is 413 g/mol. The van der Waals surface area contributed by atoms with Gasteiger partial charge in [-0.3, -0.25) is 9.78 Å². The zero-order valence-electron chi connectivity index (χ0n) is 15.4. The van der Waals surface area contributed by atoms with E-state index in [4.69, 9.17) is 10.2 Å². The number of carboxylic acids is 2. The summed E-state index contributed by atoms with van der Waals surface area (Å²) in [5, 5.41) is 20.2. The minimum atomic E-state index is -1.51. The fraction of sp³-hybridized carbons (Fsp3) is 0.300. The highest BCUT2D eigenvalue weighted by molar-refractivity contribution is 7.17. The van der Waals surface area contributed by atoms with Crippen LogP contribution in [0.1, 0.15) is 27.6 Å². The second kappa shape index (κ2) is 7.76. The summed E-state index contributed by atoms with van der Waals surface area (Å²) < 4.78 is 0. The first-order valence-corrected chi connectivity index (χ1v) is 10.0. The standard InChI is InChI=1S/C20H19N3O5S/c24-17(25)8-15(20(27)28)22-19(26)16-7-12(13-10-23-6-4-11(13)9-23)18(29-16)14-3-1-2-5-21-14/h1-3,5,7-8,11,13H,4,6,9-10H2,(H,22,26)(H,24,25)(H,27,28)/b15-8+/t11-,13?/m1/s1. The maximum absolute atomic E-state index is 12.7. The van der Waals surface area contributed by atoms with Gasteiger partial charge in [-0.1, -0.05) is 6.07 Å². The molecule has 4 heterocycles. The van der Waals surface area contributed by atoms with Gasteiger partial charge in [0.15, 0.2) is 0 Å². The van der Waals surface area contributed by atoms with Crippen LogP contribution in [0.5, 0.6) is 0 Å². The molecule has 9 heteroatoms. The number of carbonyl (C=O) groups excluding carboxylic acids is 1. The van der Waals surface area contributed by atoms with Crippen LogP contribution in [0.15, 0.2) is 42.2 Å². The van der Waals surface area contributed by atoms with Crippen molar-refractivity contribution in [3.63, 3.8) is 0 Å². The molecule has 2 unspecified atom stereocenters. The normalized spacial score (nSPS) is 23.2. The lowest BCUT2D eigenvalue weighted by atomic mass is 9.86. The van der Waals surface area contributed by atoms with Crippen LogP contribution in [0, 0.1) is 5.92 Å². The molecule has 2 saturated heterocycles. The van der Waals surface area contributed by atoms with Gasteiger partial charge < -0.3 is 20.4 Å². The van der Waals surface area contributed by atoms with Gasteiger partial charge in [-0.25, -0.2) is 9.59 Å². The number of carbonyl (C=O) groups is 3. The number of thiophene rings is 1. The van der Waals surface area contributed by atoms with Crippen LogP contribution < -0.4 is 5.32 Å². The second-order valence-corrected chi connectivity index (χ2v) is 8.23. The van der Waals surface area contributed by atoms with Gasteiger partial charge in [0.2, 0.25) is 0 Å². The van der Waals surface area contributed by atoms with E-state index in [9.17, 15) is 14.4 Å². The molecule has 2 aromatic heterocycles. The number of rotatable bonds is 6. The Kier molecular flexibility index (Phi) is 5.16. The lowest BCUT2D eigenvalue weighted by Crippen LogP contribution is -2.27. The summed E-state index contributed by atoms with van der Waals surface area (Å²) in [5.74, 6) is -2.77. The minimum absolute atomic E-state index is 0.298. The van der Waals surface area contributed by atoms with Crippen LogP contribution in [-0.4, -0.2) is 57.6 Å². The van der Waals surface area contributed by atoms with Crippen molar-refractivity contribution < 1.29 is 24.6 Å². The summed E-state index contributed by atoms with van der Waals surface area (Å²) in [6.45, 7) is 3.08. The number of carboxylic acid groups (broad SMARTS) is 2. The molecule has 0 saturated carbocycles. The van der Waals surface area contributed by atoms with Gasteiger partial charge in [0, 0.05) is 25.2 Å². The first-order chi connectivity index (χ1) is 13.9. The van der Waals surface area contributed by atoms with Crippen molar-refractivity contribution in [3.8, 4) is 10.6 Å². The van der Waals surface area contributed by atoms with E-state index in [1.807, 2.05) is 18.2 Å². The van der Waals surface area contributed by atoms with Gasteiger partial charge in [0.25, 0.3) is 5.91 Å². The molecule has 8 nitrogen and oxygen atoms in total. The van der Waals surface area contributed by atoms with Gasteiger partial charge in [-0.2, -0.15) is 0 Å². The molecule has 3 atom stereocenters. The molecule has 0 aliphatic carbocycles. The third-order valence-electron chi connectivity index (χ3n) is 5.36. The predicted molar refractivity (Wildman–Crippen MR) is 106 cm³/mol. The summed E-state index contributed by atoms with van der Waals surface area (Å²) in [4.78, 5) is 42.8. The molecule has 2 bridgehead atoms. The Morgan fingerprint density at radius 1 is 1.24 bits per heavy atom. The van der Waals surface area contributed by atoms with E-state index in [-0.39, 0.29) is 0 Å². The van der Waals surface area contributed by atoms with E-state index < -0.39 is 23.5 Å².